The van der Waals surface area contributed by atoms with Crippen LogP contribution in [0.15, 0.2) is 60.8 Å². The Labute approximate surface area is 151 Å². The smallest absolute Gasteiger partial charge is 0.308 e. The van der Waals surface area contributed by atoms with Crippen LogP contribution in [0.25, 0.3) is 10.9 Å². The Morgan fingerprint density at radius 3 is 2.62 bits per heavy atom. The number of aliphatic carboxylic acids is 1. The average molecular weight is 352 g/mol. The summed E-state index contributed by atoms with van der Waals surface area (Å²) >= 11 is 0. The maximum atomic E-state index is 11.7. The number of nitrogens with one attached hydrogen (secondary N) is 1. The number of para-hydroxylation sites is 1. The Kier molecular flexibility index (Phi) is 5.66. The molecule has 26 heavy (non-hydrogen) atoms. The Balaban J connectivity index is 1.67. The van der Waals surface area contributed by atoms with Gasteiger partial charge in [-0.15, -0.1) is 0 Å². The van der Waals surface area contributed by atoms with Gasteiger partial charge in [0, 0.05) is 17.1 Å². The van der Waals surface area contributed by atoms with Crippen molar-refractivity contribution in [2.75, 3.05) is 6.54 Å². The van der Waals surface area contributed by atoms with Crippen LogP contribution in [-0.4, -0.2) is 34.1 Å². The molecular formula is C20H20N2O4. The number of fused-ring (bicyclic) bond motifs is 1. The molecule has 2 aromatic carbocycles. The Morgan fingerprint density at radius 1 is 1.15 bits per heavy atom. The summed E-state index contributed by atoms with van der Waals surface area (Å²) in [5, 5.41) is 11.6. The molecule has 6 heteroatoms. The first kappa shape index (κ1) is 17.7. The quantitative estimate of drug-likeness (QED) is 0.458. The number of carboxylic acid groups (broad SMARTS) is 1. The summed E-state index contributed by atoms with van der Waals surface area (Å²) in [7, 11) is 0. The highest BCUT2D eigenvalue weighted by molar-refractivity contribution is 5.83. The molecule has 0 aliphatic carbocycles. The van der Waals surface area contributed by atoms with E-state index in [1.54, 1.807) is 0 Å². The van der Waals surface area contributed by atoms with Crippen molar-refractivity contribution in [3.63, 3.8) is 0 Å². The third-order valence-electron chi connectivity index (χ3n) is 4.25. The fourth-order valence-corrected chi connectivity index (χ4v) is 2.87. The zero-order valence-electron chi connectivity index (χ0n) is 14.2. The molecule has 0 radical (unpaired) electrons. The van der Waals surface area contributed by atoms with E-state index < -0.39 is 11.9 Å². The molecular weight excluding hydrogens is 332 g/mol. The van der Waals surface area contributed by atoms with E-state index in [1.165, 1.54) is 0 Å². The van der Waals surface area contributed by atoms with E-state index in [9.17, 15) is 14.7 Å². The van der Waals surface area contributed by atoms with Crippen molar-refractivity contribution >= 4 is 23.3 Å². The SMILES string of the molecule is O=CN(CC(Cc1c[nH]c2ccccc12)C(=O)O)OCc1ccccc1. The molecule has 0 fully saturated rings. The van der Waals surface area contributed by atoms with Gasteiger partial charge in [-0.3, -0.25) is 14.4 Å². The van der Waals surface area contributed by atoms with Crippen LogP contribution in [0, 0.1) is 5.92 Å². The highest BCUT2D eigenvalue weighted by Gasteiger charge is 2.23. The van der Waals surface area contributed by atoms with Gasteiger partial charge in [-0.2, -0.15) is 0 Å². The first-order valence-corrected chi connectivity index (χ1v) is 8.34. The van der Waals surface area contributed by atoms with Crippen LogP contribution < -0.4 is 0 Å². The van der Waals surface area contributed by atoms with Gasteiger partial charge >= 0.3 is 5.97 Å². The van der Waals surface area contributed by atoms with Crippen molar-refractivity contribution in [3.8, 4) is 0 Å². The minimum atomic E-state index is -0.967. The highest BCUT2D eigenvalue weighted by Crippen LogP contribution is 2.21. The van der Waals surface area contributed by atoms with E-state index in [0.717, 1.165) is 27.1 Å². The van der Waals surface area contributed by atoms with Crippen LogP contribution in [-0.2, 0) is 27.5 Å². The van der Waals surface area contributed by atoms with E-state index >= 15 is 0 Å². The predicted molar refractivity (Wildman–Crippen MR) is 97.1 cm³/mol. The Hall–Kier alpha value is -3.12. The number of rotatable bonds is 9. The van der Waals surface area contributed by atoms with Gasteiger partial charge < -0.3 is 10.1 Å². The molecule has 0 aliphatic heterocycles. The third kappa shape index (κ3) is 4.29. The van der Waals surface area contributed by atoms with Gasteiger partial charge in [0.2, 0.25) is 6.41 Å². The number of aromatic amines is 1. The number of H-pyrrole nitrogens is 1. The van der Waals surface area contributed by atoms with Crippen molar-refractivity contribution in [3.05, 3.63) is 71.9 Å². The largest absolute Gasteiger partial charge is 0.481 e. The number of amides is 1. The summed E-state index contributed by atoms with van der Waals surface area (Å²) in [5.41, 5.74) is 2.77. The van der Waals surface area contributed by atoms with Crippen LogP contribution in [0.5, 0.6) is 0 Å². The Morgan fingerprint density at radius 2 is 1.88 bits per heavy atom. The zero-order valence-corrected chi connectivity index (χ0v) is 14.2. The van der Waals surface area contributed by atoms with Crippen molar-refractivity contribution in [1.29, 1.82) is 0 Å². The van der Waals surface area contributed by atoms with Gasteiger partial charge in [-0.05, 0) is 23.6 Å². The lowest BCUT2D eigenvalue weighted by atomic mass is 9.99. The van der Waals surface area contributed by atoms with Gasteiger partial charge in [0.1, 0.15) is 6.61 Å². The molecule has 1 atom stereocenters. The standard InChI is InChI=1S/C20H20N2O4/c23-14-22(26-13-15-6-2-1-3-7-15)12-17(20(24)25)10-16-11-21-19-9-5-4-8-18(16)19/h1-9,11,14,17,21H,10,12-13H2,(H,24,25). The molecule has 1 aromatic heterocycles. The number of hydrogen-bond donors (Lipinski definition) is 2. The van der Waals surface area contributed by atoms with Crippen LogP contribution in [0.4, 0.5) is 0 Å². The van der Waals surface area contributed by atoms with Crippen LogP contribution in [0.2, 0.25) is 0 Å². The van der Waals surface area contributed by atoms with Gasteiger partial charge in [0.05, 0.1) is 12.5 Å². The minimum absolute atomic E-state index is 0.0226. The molecule has 0 bridgehead atoms. The molecule has 6 nitrogen and oxygen atoms in total. The molecule has 0 aliphatic rings. The predicted octanol–water partition coefficient (Wildman–Crippen LogP) is 3.00. The first-order valence-electron chi connectivity index (χ1n) is 8.34. The number of carbonyl (C=O) groups excluding carboxylic acids is 1. The van der Waals surface area contributed by atoms with Gasteiger partial charge in [-0.25, -0.2) is 5.06 Å². The van der Waals surface area contributed by atoms with Gasteiger partial charge in [0.25, 0.3) is 0 Å². The number of hydrogen-bond acceptors (Lipinski definition) is 3. The second-order valence-corrected chi connectivity index (χ2v) is 6.06. The van der Waals surface area contributed by atoms with Gasteiger partial charge in [0.15, 0.2) is 0 Å². The lowest BCUT2D eigenvalue weighted by Gasteiger charge is -2.21. The van der Waals surface area contributed by atoms with Crippen molar-refractivity contribution < 1.29 is 19.5 Å². The van der Waals surface area contributed by atoms with E-state index in [1.807, 2.05) is 60.8 Å². The van der Waals surface area contributed by atoms with Crippen molar-refractivity contribution in [2.45, 2.75) is 13.0 Å². The number of carbonyl (C=O) groups is 2. The molecule has 0 saturated heterocycles. The second-order valence-electron chi connectivity index (χ2n) is 6.06. The lowest BCUT2D eigenvalue weighted by molar-refractivity contribution is -0.183. The highest BCUT2D eigenvalue weighted by atomic mass is 16.7. The lowest BCUT2D eigenvalue weighted by Crippen LogP contribution is -2.33. The molecule has 0 spiro atoms. The van der Waals surface area contributed by atoms with Crippen LogP contribution >= 0.6 is 0 Å². The number of hydroxylamine groups is 2. The molecule has 3 rings (SSSR count). The Bertz CT molecular complexity index is 876. The van der Waals surface area contributed by atoms with Crippen LogP contribution in [0.1, 0.15) is 11.1 Å². The van der Waals surface area contributed by atoms with E-state index in [-0.39, 0.29) is 13.2 Å². The summed E-state index contributed by atoms with van der Waals surface area (Å²) in [6.07, 6.45) is 2.64. The normalized spacial score (nSPS) is 12.0. The van der Waals surface area contributed by atoms with Crippen LogP contribution in [0.3, 0.4) is 0 Å². The maximum Gasteiger partial charge on any atom is 0.308 e. The average Bonchev–Trinajstić information content (AvgIpc) is 3.08. The fraction of sp³-hybridized carbons (Fsp3) is 0.200. The second kappa shape index (κ2) is 8.31. The van der Waals surface area contributed by atoms with E-state index in [0.29, 0.717) is 12.8 Å². The van der Waals surface area contributed by atoms with Gasteiger partial charge in [-0.1, -0.05) is 48.5 Å². The molecule has 3 aromatic rings. The number of benzene rings is 2. The molecule has 0 saturated carbocycles. The topological polar surface area (TPSA) is 82.6 Å². The summed E-state index contributed by atoms with van der Waals surface area (Å²) in [5.74, 6) is -1.74. The molecule has 2 N–H and O–H groups in total. The van der Waals surface area contributed by atoms with E-state index in [4.69, 9.17) is 4.84 Å². The zero-order chi connectivity index (χ0) is 18.4. The van der Waals surface area contributed by atoms with Crippen molar-refractivity contribution in [2.24, 2.45) is 5.92 Å². The fourth-order valence-electron chi connectivity index (χ4n) is 2.87. The third-order valence-corrected chi connectivity index (χ3v) is 4.25. The monoisotopic (exact) mass is 352 g/mol. The number of nitrogens with zero attached hydrogens (tertiary/aromatic N) is 1. The molecule has 1 heterocycles. The van der Waals surface area contributed by atoms with E-state index in [2.05, 4.69) is 4.98 Å². The summed E-state index contributed by atoms with van der Waals surface area (Å²) in [6.45, 7) is 0.185. The molecule has 1 amide bonds. The first-order chi connectivity index (χ1) is 12.7. The summed E-state index contributed by atoms with van der Waals surface area (Å²) in [6, 6.07) is 17.1. The number of aromatic nitrogens is 1. The summed E-state index contributed by atoms with van der Waals surface area (Å²) < 4.78 is 0. The minimum Gasteiger partial charge on any atom is -0.481 e. The molecule has 134 valence electrons. The number of carboxylic acids is 1. The maximum absolute atomic E-state index is 11.7. The van der Waals surface area contributed by atoms with Crippen molar-refractivity contribution in [1.82, 2.24) is 10.0 Å². The molecule has 1 unspecified atom stereocenters. The summed E-state index contributed by atoms with van der Waals surface area (Å²) in [4.78, 5) is 31.6.